The smallest absolute Gasteiger partial charge is 0.870 e. The molecule has 0 bridgehead atoms. The van der Waals surface area contributed by atoms with Gasteiger partial charge in [0.2, 0.25) is 0 Å². The molecule has 6 heteroatoms. The molecule has 0 spiro atoms. The summed E-state index contributed by atoms with van der Waals surface area (Å²) >= 11 is 0. The van der Waals surface area contributed by atoms with Crippen LogP contribution in [0.5, 0.6) is 0 Å². The maximum Gasteiger partial charge on any atom is 2.00 e. The van der Waals surface area contributed by atoms with Crippen LogP contribution in [0.3, 0.4) is 0 Å². The molecule has 0 aromatic heterocycles. The van der Waals surface area contributed by atoms with E-state index in [-0.39, 0.29) is 66.7 Å². The van der Waals surface area contributed by atoms with E-state index in [9.17, 15) is 0 Å². The Morgan fingerprint density at radius 3 is 0.267 bits per heavy atom. The molecule has 0 aromatic rings. The van der Waals surface area contributed by atoms with Gasteiger partial charge in [0.05, 0.1) is 0 Å². The van der Waals surface area contributed by atoms with E-state index in [1.54, 1.807) is 0 Å². The predicted octanol–water partition coefficient (Wildman–Crippen LogP) is 9.75. The Morgan fingerprint density at radius 2 is 0.267 bits per heavy atom. The minimum Gasteiger partial charge on any atom is -0.870 e. The van der Waals surface area contributed by atoms with Gasteiger partial charge < -0.3 is 21.9 Å². The molecule has 0 unspecified atom stereocenters. The van der Waals surface area contributed by atoms with Gasteiger partial charge >= 0.3 is 23.1 Å². The zero-order chi connectivity index (χ0) is 20.5. The Bertz CT molecular complexity index is 72.2. The Hall–Kier alpha value is 1.32. The third-order valence-electron chi connectivity index (χ3n) is 3.00. The fourth-order valence-electron chi connectivity index (χ4n) is 0. The summed E-state index contributed by atoms with van der Waals surface area (Å²) < 4.78 is 0. The largest absolute Gasteiger partial charge is 2.00 e. The van der Waals surface area contributed by atoms with Crippen LogP contribution in [0.1, 0.15) is 160 Å². The average Bonchev–Trinajstić information content (AvgIpc) is 2.68. The molecule has 0 saturated carbocycles. The number of hydrogen-bond acceptors (Lipinski definition) is 4. The van der Waals surface area contributed by atoms with Crippen molar-refractivity contribution < 1.29 is 43.6 Å². The van der Waals surface area contributed by atoms with Crippen molar-refractivity contribution >= 4 is 23.1 Å². The van der Waals surface area contributed by atoms with Gasteiger partial charge in [-0.3, -0.25) is 0 Å². The van der Waals surface area contributed by atoms with Crippen LogP contribution in [0.4, 0.5) is 0 Å². The molecule has 0 aliphatic carbocycles. The van der Waals surface area contributed by atoms with Gasteiger partial charge in [0, 0.05) is 21.7 Å². The van der Waals surface area contributed by atoms with Gasteiger partial charge in [0.25, 0.3) is 0 Å². The van der Waals surface area contributed by atoms with E-state index >= 15 is 0 Å². The summed E-state index contributed by atoms with van der Waals surface area (Å²) in [6, 6.07) is 0. The first-order chi connectivity index (χ1) is 11.5. The molecule has 30 heavy (non-hydrogen) atoms. The molecule has 0 heterocycles. The molecular weight excluding hydrogens is 424 g/mol. The summed E-state index contributed by atoms with van der Waals surface area (Å²) in [6.45, 7) is 26.2. The van der Waals surface area contributed by atoms with Gasteiger partial charge in [-0.25, -0.2) is 0 Å². The first-order valence-corrected chi connectivity index (χ1v) is 11.5. The number of hydrogen-bond donors (Lipinski definition) is 0. The van der Waals surface area contributed by atoms with Crippen LogP contribution in [0.15, 0.2) is 0 Å². The third kappa shape index (κ3) is 439. The molecule has 0 atom stereocenters. The van der Waals surface area contributed by atoms with Crippen molar-refractivity contribution in [2.75, 3.05) is 0 Å². The normalized spacial score (nSPS) is 6.00. The zero-order valence-electron chi connectivity index (χ0n) is 23.5. The van der Waals surface area contributed by atoms with E-state index in [1.165, 1.54) is 77.0 Å². The van der Waals surface area contributed by atoms with E-state index in [0.717, 1.165) is 0 Å². The third-order valence-corrected chi connectivity index (χ3v) is 3.00. The van der Waals surface area contributed by atoms with Gasteiger partial charge in [-0.05, 0) is 0 Å². The average molecular weight is 489 g/mol. The van der Waals surface area contributed by atoms with Crippen molar-refractivity contribution in [1.29, 1.82) is 0 Å². The molecule has 0 amide bonds. The SMILES string of the molecule is CCCC.CCCC.CCCC.CCCC.CCCC.CCCC.[Mg+2].[OH-].[OH-].[OH-].[OH-].[Ti]. The minimum atomic E-state index is 0. The molecule has 0 aliphatic rings. The Morgan fingerprint density at radius 1 is 0.233 bits per heavy atom. The van der Waals surface area contributed by atoms with Crippen LogP contribution in [0.25, 0.3) is 0 Å². The maximum absolute atomic E-state index is 2.18. The summed E-state index contributed by atoms with van der Waals surface area (Å²) in [6.07, 6.45) is 15.8. The Balaban J connectivity index is -0.0000000125. The second kappa shape index (κ2) is 147. The van der Waals surface area contributed by atoms with Crippen molar-refractivity contribution in [3.63, 3.8) is 0 Å². The standard InChI is InChI=1S/6C4H10.Mg.4H2O.Ti/c6*1-3-4-2;;;;;;/h6*3-4H2,1-2H3;;4*1H2;/q;;;;;;+2;;;;;/p-4. The summed E-state index contributed by atoms with van der Waals surface area (Å²) in [5.74, 6) is 0. The van der Waals surface area contributed by atoms with Crippen LogP contribution in [-0.2, 0) is 21.7 Å². The maximum atomic E-state index is 2.18. The fourth-order valence-corrected chi connectivity index (χ4v) is 0. The van der Waals surface area contributed by atoms with Crippen LogP contribution in [0, 0.1) is 0 Å². The summed E-state index contributed by atoms with van der Waals surface area (Å²) in [4.78, 5) is 0. The monoisotopic (exact) mass is 488 g/mol. The molecule has 4 N–H and O–H groups in total. The number of rotatable bonds is 6. The van der Waals surface area contributed by atoms with Gasteiger partial charge in [-0.15, -0.1) is 0 Å². The van der Waals surface area contributed by atoms with Gasteiger partial charge in [0.15, 0.2) is 0 Å². The van der Waals surface area contributed by atoms with Crippen molar-refractivity contribution in [3.05, 3.63) is 0 Å². The van der Waals surface area contributed by atoms with Crippen molar-refractivity contribution in [1.82, 2.24) is 0 Å². The summed E-state index contributed by atoms with van der Waals surface area (Å²) in [5.41, 5.74) is 0. The molecule has 0 saturated heterocycles. The summed E-state index contributed by atoms with van der Waals surface area (Å²) in [5, 5.41) is 0. The Kier molecular flexibility index (Phi) is 378. The van der Waals surface area contributed by atoms with E-state index in [0.29, 0.717) is 0 Å². The molecule has 0 fully saturated rings. The predicted molar refractivity (Wildman–Crippen MR) is 137 cm³/mol. The second-order valence-corrected chi connectivity index (χ2v) is 6.00. The molecule has 192 valence electrons. The van der Waals surface area contributed by atoms with E-state index in [4.69, 9.17) is 0 Å². The van der Waals surface area contributed by atoms with Crippen LogP contribution < -0.4 is 0 Å². The molecule has 0 aromatic carbocycles. The van der Waals surface area contributed by atoms with Crippen molar-refractivity contribution in [3.8, 4) is 0 Å². The topological polar surface area (TPSA) is 120 Å². The minimum absolute atomic E-state index is 0. The van der Waals surface area contributed by atoms with Crippen LogP contribution in [-0.4, -0.2) is 45.0 Å². The van der Waals surface area contributed by atoms with Gasteiger partial charge in [0.1, 0.15) is 0 Å². The van der Waals surface area contributed by atoms with E-state index in [1.807, 2.05) is 0 Å². The van der Waals surface area contributed by atoms with E-state index in [2.05, 4.69) is 83.1 Å². The quantitative estimate of drug-likeness (QED) is 0.345. The van der Waals surface area contributed by atoms with E-state index < -0.39 is 0 Å². The van der Waals surface area contributed by atoms with Crippen molar-refractivity contribution in [2.45, 2.75) is 160 Å². The van der Waals surface area contributed by atoms with Crippen LogP contribution >= 0.6 is 0 Å². The van der Waals surface area contributed by atoms with Crippen molar-refractivity contribution in [2.24, 2.45) is 0 Å². The molecular formula is C24H64MgO4Ti-2. The Labute approximate surface area is 225 Å². The van der Waals surface area contributed by atoms with Crippen LogP contribution in [0.2, 0.25) is 0 Å². The first-order valence-electron chi connectivity index (χ1n) is 11.5. The number of unbranched alkanes of at least 4 members (excludes halogenated alkanes) is 6. The molecule has 0 radical (unpaired) electrons. The molecule has 0 aliphatic heterocycles. The molecule has 4 nitrogen and oxygen atoms in total. The van der Waals surface area contributed by atoms with Gasteiger partial charge in [-0.2, -0.15) is 0 Å². The molecule has 0 rings (SSSR count). The second-order valence-electron chi connectivity index (χ2n) is 6.00. The zero-order valence-corrected chi connectivity index (χ0v) is 26.5. The summed E-state index contributed by atoms with van der Waals surface area (Å²) in [7, 11) is 0. The fraction of sp³-hybridized carbons (Fsp3) is 1.00. The first kappa shape index (κ1) is 77.1. The van der Waals surface area contributed by atoms with Gasteiger partial charge in [-0.1, -0.05) is 160 Å².